The number of benzene rings is 4. The highest BCUT2D eigenvalue weighted by Gasteiger charge is 2.11. The van der Waals surface area contributed by atoms with Gasteiger partial charge in [0.1, 0.15) is 36.8 Å². The van der Waals surface area contributed by atoms with Gasteiger partial charge in [0.15, 0.2) is 0 Å². The number of amidine groups is 1. The summed E-state index contributed by atoms with van der Waals surface area (Å²) >= 11 is 0. The maximum atomic E-state index is 5.98. The van der Waals surface area contributed by atoms with E-state index in [2.05, 4.69) is 72.0 Å². The van der Waals surface area contributed by atoms with Crippen LogP contribution in [0, 0.1) is 0 Å². The van der Waals surface area contributed by atoms with Gasteiger partial charge in [0.25, 0.3) is 5.84 Å². The molecule has 0 aromatic heterocycles. The lowest BCUT2D eigenvalue weighted by Gasteiger charge is -2.14. The SMILES string of the molecule is C[NH+](CCOc1ccc([NH+]=C(Nc2ccccc2)c2ccccc2)cc1)Cc1ccccc1.[Br-].[Br-]. The lowest BCUT2D eigenvalue weighted by molar-refractivity contribution is -0.893. The van der Waals surface area contributed by atoms with Crippen molar-refractivity contribution in [2.45, 2.75) is 6.54 Å². The second-order valence-corrected chi connectivity index (χ2v) is 8.10. The first-order valence-corrected chi connectivity index (χ1v) is 11.4. The Hall–Kier alpha value is -2.93. The lowest BCUT2D eigenvalue weighted by atomic mass is 10.2. The molecule has 4 aromatic rings. The first-order valence-electron chi connectivity index (χ1n) is 11.4. The van der Waals surface area contributed by atoms with Crippen molar-refractivity contribution >= 4 is 17.2 Å². The molecule has 0 bridgehead atoms. The second kappa shape index (κ2) is 15.1. The van der Waals surface area contributed by atoms with Crippen LogP contribution in [0.5, 0.6) is 5.75 Å². The van der Waals surface area contributed by atoms with Crippen LogP contribution < -0.4 is 53.9 Å². The highest BCUT2D eigenvalue weighted by Crippen LogP contribution is 2.12. The van der Waals surface area contributed by atoms with Crippen LogP contribution in [0.1, 0.15) is 11.1 Å². The average molecular weight is 597 g/mol. The van der Waals surface area contributed by atoms with E-state index in [1.165, 1.54) is 10.5 Å². The number of ether oxygens (including phenoxy) is 1. The molecule has 4 nitrogen and oxygen atoms in total. The topological polar surface area (TPSA) is 39.7 Å². The molecule has 1 unspecified atom stereocenters. The van der Waals surface area contributed by atoms with Gasteiger partial charge in [-0.1, -0.05) is 66.7 Å². The molecule has 35 heavy (non-hydrogen) atoms. The minimum atomic E-state index is 0. The minimum absolute atomic E-state index is 0. The van der Waals surface area contributed by atoms with Gasteiger partial charge in [-0.15, -0.1) is 0 Å². The Bertz CT molecular complexity index is 1140. The van der Waals surface area contributed by atoms with E-state index in [0.29, 0.717) is 6.61 Å². The Labute approximate surface area is 229 Å². The maximum absolute atomic E-state index is 5.98. The normalized spacial score (nSPS) is 11.5. The molecule has 4 rings (SSSR count). The zero-order valence-corrected chi connectivity index (χ0v) is 22.9. The Morgan fingerprint density at radius 1 is 0.743 bits per heavy atom. The predicted octanol–water partition coefficient (Wildman–Crippen LogP) is -2.94. The molecule has 0 aliphatic rings. The van der Waals surface area contributed by atoms with E-state index >= 15 is 0 Å². The number of quaternary nitrogens is 1. The fourth-order valence-electron chi connectivity index (χ4n) is 3.60. The van der Waals surface area contributed by atoms with E-state index in [0.717, 1.165) is 41.6 Å². The molecular weight excluding hydrogens is 566 g/mol. The molecule has 0 aliphatic heterocycles. The molecule has 0 spiro atoms. The van der Waals surface area contributed by atoms with Crippen LogP contribution in [0.15, 0.2) is 115 Å². The zero-order chi connectivity index (χ0) is 22.7. The van der Waals surface area contributed by atoms with Crippen molar-refractivity contribution in [3.8, 4) is 5.75 Å². The highest BCUT2D eigenvalue weighted by atomic mass is 79.9. The standard InChI is InChI=1S/C29H29N3O.2BrH/c1-32(23-24-11-5-2-6-12-24)21-22-33-28-19-17-27(18-20-28)31-29(25-13-7-3-8-14-25)30-26-15-9-4-10-16-26;;/h2-20H,21-23H2,1H3,(H,30,31);2*1H. The van der Waals surface area contributed by atoms with Gasteiger partial charge in [-0.2, -0.15) is 0 Å². The van der Waals surface area contributed by atoms with E-state index in [9.17, 15) is 0 Å². The third kappa shape index (κ3) is 9.32. The number of hydrogen-bond acceptors (Lipinski definition) is 1. The van der Waals surface area contributed by atoms with Crippen LogP contribution in [-0.4, -0.2) is 26.0 Å². The molecule has 182 valence electrons. The molecule has 4 aromatic carbocycles. The maximum Gasteiger partial charge on any atom is 0.285 e. The molecule has 6 heteroatoms. The minimum Gasteiger partial charge on any atom is -1.00 e. The van der Waals surface area contributed by atoms with Crippen molar-refractivity contribution in [3.05, 3.63) is 126 Å². The van der Waals surface area contributed by atoms with Gasteiger partial charge in [0.2, 0.25) is 0 Å². The second-order valence-electron chi connectivity index (χ2n) is 8.10. The van der Waals surface area contributed by atoms with Crippen molar-refractivity contribution in [2.24, 2.45) is 0 Å². The van der Waals surface area contributed by atoms with Crippen LogP contribution in [0.2, 0.25) is 0 Å². The highest BCUT2D eigenvalue weighted by molar-refractivity contribution is 6.04. The van der Waals surface area contributed by atoms with Gasteiger partial charge in [-0.05, 0) is 48.5 Å². The first kappa shape index (κ1) is 28.3. The smallest absolute Gasteiger partial charge is 0.285 e. The Morgan fingerprint density at radius 3 is 1.94 bits per heavy atom. The summed E-state index contributed by atoms with van der Waals surface area (Å²) in [5, 5.41) is 3.50. The van der Waals surface area contributed by atoms with Crippen LogP contribution in [0.3, 0.4) is 0 Å². The predicted molar refractivity (Wildman–Crippen MR) is 135 cm³/mol. The summed E-state index contributed by atoms with van der Waals surface area (Å²) in [6.45, 7) is 2.63. The van der Waals surface area contributed by atoms with Crippen LogP contribution in [0.4, 0.5) is 11.4 Å². The summed E-state index contributed by atoms with van der Waals surface area (Å²) < 4.78 is 5.98. The zero-order valence-electron chi connectivity index (χ0n) is 19.8. The quantitative estimate of drug-likeness (QED) is 0.143. The number of hydrogen-bond donors (Lipinski definition) is 3. The number of nitrogens with one attached hydrogen (secondary N) is 3. The van der Waals surface area contributed by atoms with E-state index < -0.39 is 0 Å². The van der Waals surface area contributed by atoms with Gasteiger partial charge in [-0.25, -0.2) is 10.3 Å². The van der Waals surface area contributed by atoms with Gasteiger partial charge >= 0.3 is 0 Å². The third-order valence-corrected chi connectivity index (χ3v) is 5.38. The van der Waals surface area contributed by atoms with E-state index in [1.54, 1.807) is 0 Å². The fourth-order valence-corrected chi connectivity index (χ4v) is 3.60. The Morgan fingerprint density at radius 2 is 1.31 bits per heavy atom. The van der Waals surface area contributed by atoms with Crippen molar-refractivity contribution in [3.63, 3.8) is 0 Å². The van der Waals surface area contributed by atoms with Gasteiger partial charge in [0.05, 0.1) is 12.6 Å². The number of para-hydroxylation sites is 1. The fraction of sp³-hybridized carbons (Fsp3) is 0.138. The van der Waals surface area contributed by atoms with Crippen LogP contribution in [-0.2, 0) is 6.54 Å². The summed E-state index contributed by atoms with van der Waals surface area (Å²) in [4.78, 5) is 4.94. The van der Waals surface area contributed by atoms with E-state index in [4.69, 9.17) is 4.74 Å². The summed E-state index contributed by atoms with van der Waals surface area (Å²) in [5.74, 6) is 1.81. The van der Waals surface area contributed by atoms with Gasteiger partial charge < -0.3 is 43.6 Å². The third-order valence-electron chi connectivity index (χ3n) is 5.38. The number of halogens is 2. The Balaban J connectivity index is 0.00000216. The first-order chi connectivity index (χ1) is 16.3. The van der Waals surface area contributed by atoms with Crippen LogP contribution >= 0.6 is 0 Å². The molecule has 0 heterocycles. The lowest BCUT2D eigenvalue weighted by Crippen LogP contribution is -3.08. The molecule has 0 saturated heterocycles. The average Bonchev–Trinajstić information content (AvgIpc) is 2.86. The Kier molecular flexibility index (Phi) is 12.2. The molecule has 1 atom stereocenters. The molecule has 0 amide bonds. The summed E-state index contributed by atoms with van der Waals surface area (Å²) in [5.41, 5.74) is 4.47. The number of anilines is 1. The van der Waals surface area contributed by atoms with Crippen molar-refractivity contribution in [1.29, 1.82) is 0 Å². The molecule has 3 N–H and O–H groups in total. The molecule has 0 saturated carbocycles. The summed E-state index contributed by atoms with van der Waals surface area (Å²) in [7, 11) is 2.20. The van der Waals surface area contributed by atoms with Crippen molar-refractivity contribution < 1.29 is 48.6 Å². The summed E-state index contributed by atoms with van der Waals surface area (Å²) in [6, 6.07) is 39.1. The monoisotopic (exact) mass is 595 g/mol. The number of rotatable bonds is 9. The van der Waals surface area contributed by atoms with E-state index in [-0.39, 0.29) is 34.0 Å². The molecular formula is C29H31Br2N3O. The number of likely N-dealkylation sites (N-methyl/N-ethyl adjacent to an activating group) is 1. The van der Waals surface area contributed by atoms with E-state index in [1.807, 2.05) is 60.7 Å². The molecule has 0 fully saturated rings. The van der Waals surface area contributed by atoms with Crippen LogP contribution in [0.25, 0.3) is 0 Å². The van der Waals surface area contributed by atoms with Crippen molar-refractivity contribution in [2.75, 3.05) is 25.5 Å². The van der Waals surface area contributed by atoms with Gasteiger partial charge in [0, 0.05) is 5.56 Å². The molecule has 0 aliphatic carbocycles. The molecule has 0 radical (unpaired) electrons. The largest absolute Gasteiger partial charge is 1.00 e. The van der Waals surface area contributed by atoms with Gasteiger partial charge in [-0.3, -0.25) is 0 Å². The van der Waals surface area contributed by atoms with Crippen molar-refractivity contribution in [1.82, 2.24) is 0 Å². The summed E-state index contributed by atoms with van der Waals surface area (Å²) in [6.07, 6.45) is 0.